The first-order chi connectivity index (χ1) is 3.39. The Morgan fingerprint density at radius 1 is 1.86 bits per heavy atom. The topological polar surface area (TPSA) is 12.0 Å². The fourth-order valence-corrected chi connectivity index (χ4v) is 0.930. The van der Waals surface area contributed by atoms with Crippen molar-refractivity contribution in [2.75, 3.05) is 0 Å². The average Bonchev–Trinajstić information content (AvgIpc) is 1.69. The summed E-state index contributed by atoms with van der Waals surface area (Å²) < 4.78 is 2.75. The van der Waals surface area contributed by atoms with E-state index < -0.39 is 0 Å². The molecule has 1 radical (unpaired) electrons. The third-order valence-electron chi connectivity index (χ3n) is 0.512. The zero-order valence-corrected chi connectivity index (χ0v) is 5.01. The van der Waals surface area contributed by atoms with Gasteiger partial charge in [-0.1, -0.05) is 11.6 Å². The first-order valence-corrected chi connectivity index (χ1v) is 3.01. The van der Waals surface area contributed by atoms with E-state index in [-0.39, 0.29) is 0 Å². The number of halogens is 1. The van der Waals surface area contributed by atoms with E-state index in [0.29, 0.717) is 5.03 Å². The van der Waals surface area contributed by atoms with Crippen molar-refractivity contribution in [2.45, 2.75) is 0 Å². The summed E-state index contributed by atoms with van der Waals surface area (Å²) in [7, 11) is 0. The lowest BCUT2D eigenvalue weighted by atomic mass is 10.6. The van der Waals surface area contributed by atoms with Crippen LogP contribution in [0.2, 0.25) is 0 Å². The maximum Gasteiger partial charge on any atom is 0.0891 e. The maximum atomic E-state index is 5.46. The van der Waals surface area contributed by atoms with Crippen LogP contribution < -0.4 is 4.72 Å². The van der Waals surface area contributed by atoms with E-state index in [0.717, 1.165) is 0 Å². The molecule has 1 aliphatic rings. The van der Waals surface area contributed by atoms with Crippen molar-refractivity contribution in [3.05, 3.63) is 22.7 Å². The van der Waals surface area contributed by atoms with Crippen LogP contribution in [-0.2, 0) is 0 Å². The van der Waals surface area contributed by atoms with E-state index in [4.69, 9.17) is 11.6 Å². The molecule has 0 aromatic rings. The molecule has 0 saturated carbocycles. The van der Waals surface area contributed by atoms with Gasteiger partial charge in [-0.3, -0.25) is 0 Å². The number of hydrogen-bond donors (Lipinski definition) is 1. The van der Waals surface area contributed by atoms with Gasteiger partial charge in [0.15, 0.2) is 0 Å². The Morgan fingerprint density at radius 3 is 3.00 bits per heavy atom. The van der Waals surface area contributed by atoms with Crippen molar-refractivity contribution in [3.8, 4) is 0 Å². The van der Waals surface area contributed by atoms with E-state index in [1.807, 2.05) is 5.41 Å². The Bertz CT molecular complexity index is 119. The molecular formula is C4H3ClNS. The minimum atomic E-state index is 0.624. The van der Waals surface area contributed by atoms with Crippen LogP contribution in [-0.4, -0.2) is 0 Å². The molecule has 1 heterocycles. The molecule has 0 amide bonds. The van der Waals surface area contributed by atoms with E-state index in [9.17, 15) is 0 Å². The Balaban J connectivity index is 2.58. The molecule has 1 N–H and O–H groups in total. The quantitative estimate of drug-likeness (QED) is 0.503. The van der Waals surface area contributed by atoms with Crippen LogP contribution in [0.15, 0.2) is 16.5 Å². The van der Waals surface area contributed by atoms with Gasteiger partial charge < -0.3 is 4.72 Å². The molecule has 0 aliphatic carbocycles. The minimum absolute atomic E-state index is 0.624. The summed E-state index contributed by atoms with van der Waals surface area (Å²) in [6.07, 6.45) is 4.47. The summed E-state index contributed by atoms with van der Waals surface area (Å²) in [4.78, 5) is 0. The standard InChI is InChI=1S/C4H3ClNS/c5-4-1-2-7-6-3-4/h1-2,6H. The third-order valence-corrected chi connectivity index (χ3v) is 1.22. The van der Waals surface area contributed by atoms with Crippen LogP contribution in [0, 0.1) is 6.20 Å². The molecule has 0 unspecified atom stereocenters. The number of rotatable bonds is 0. The highest BCUT2D eigenvalue weighted by atomic mass is 35.5. The second kappa shape index (κ2) is 2.28. The first kappa shape index (κ1) is 5.06. The van der Waals surface area contributed by atoms with Crippen molar-refractivity contribution in [1.82, 2.24) is 4.72 Å². The average molecular weight is 133 g/mol. The highest BCUT2D eigenvalue weighted by molar-refractivity contribution is 8.00. The summed E-state index contributed by atoms with van der Waals surface area (Å²) in [5.74, 6) is 0. The summed E-state index contributed by atoms with van der Waals surface area (Å²) in [5.41, 5.74) is 0. The van der Waals surface area contributed by atoms with Crippen molar-refractivity contribution in [3.63, 3.8) is 0 Å². The number of hydrogen-bond acceptors (Lipinski definition) is 2. The smallest absolute Gasteiger partial charge is 0.0891 e. The van der Waals surface area contributed by atoms with Gasteiger partial charge in [-0.2, -0.15) is 0 Å². The molecule has 0 spiro atoms. The van der Waals surface area contributed by atoms with Crippen LogP contribution in [0.25, 0.3) is 0 Å². The molecule has 1 nitrogen and oxygen atoms in total. The predicted octanol–water partition coefficient (Wildman–Crippen LogP) is 1.63. The van der Waals surface area contributed by atoms with Gasteiger partial charge in [0.05, 0.1) is 11.2 Å². The molecule has 0 aromatic heterocycles. The normalized spacial score (nSPS) is 18.1. The van der Waals surface area contributed by atoms with Gasteiger partial charge in [0.2, 0.25) is 0 Å². The van der Waals surface area contributed by atoms with Crippen LogP contribution >= 0.6 is 23.5 Å². The Kier molecular flexibility index (Phi) is 1.65. The fourth-order valence-electron chi connectivity index (χ4n) is 0.248. The van der Waals surface area contributed by atoms with Gasteiger partial charge >= 0.3 is 0 Å². The highest BCUT2D eigenvalue weighted by Crippen LogP contribution is 2.10. The summed E-state index contributed by atoms with van der Waals surface area (Å²) in [6.45, 7) is 0. The molecule has 0 atom stereocenters. The lowest BCUT2D eigenvalue weighted by Crippen LogP contribution is -1.92. The second-order valence-electron chi connectivity index (χ2n) is 0.996. The molecule has 7 heavy (non-hydrogen) atoms. The molecule has 0 aromatic carbocycles. The molecule has 1 rings (SSSR count). The third kappa shape index (κ3) is 1.45. The number of allylic oxidation sites excluding steroid dienone is 2. The number of nitrogens with one attached hydrogen (secondary N) is 1. The van der Waals surface area contributed by atoms with Crippen molar-refractivity contribution < 1.29 is 0 Å². The summed E-state index contributed by atoms with van der Waals surface area (Å²) in [5, 5.41) is 2.48. The van der Waals surface area contributed by atoms with Gasteiger partial charge in [0.25, 0.3) is 0 Å². The van der Waals surface area contributed by atoms with Crippen LogP contribution in [0.3, 0.4) is 0 Å². The van der Waals surface area contributed by atoms with Gasteiger partial charge in [-0.25, -0.2) is 0 Å². The lowest BCUT2D eigenvalue weighted by molar-refractivity contribution is 1.34. The SMILES string of the molecule is ClC1=[C]NSC=C1. The Hall–Kier alpha value is -0.0800. The molecule has 1 aliphatic heterocycles. The predicted molar refractivity (Wildman–Crippen MR) is 32.5 cm³/mol. The van der Waals surface area contributed by atoms with Gasteiger partial charge in [0.1, 0.15) is 0 Å². The summed E-state index contributed by atoms with van der Waals surface area (Å²) >= 11 is 6.91. The van der Waals surface area contributed by atoms with Crippen LogP contribution in [0.1, 0.15) is 0 Å². The van der Waals surface area contributed by atoms with E-state index in [2.05, 4.69) is 10.9 Å². The van der Waals surface area contributed by atoms with Crippen molar-refractivity contribution in [1.29, 1.82) is 0 Å². The highest BCUT2D eigenvalue weighted by Gasteiger charge is 1.88. The zero-order chi connectivity index (χ0) is 5.11. The zero-order valence-electron chi connectivity index (χ0n) is 3.44. The molecular weight excluding hydrogens is 130 g/mol. The van der Waals surface area contributed by atoms with Crippen molar-refractivity contribution >= 4 is 23.5 Å². The molecule has 0 fully saturated rings. The Morgan fingerprint density at radius 2 is 2.71 bits per heavy atom. The first-order valence-electron chi connectivity index (χ1n) is 1.75. The van der Waals surface area contributed by atoms with Crippen molar-refractivity contribution in [2.24, 2.45) is 0 Å². The monoisotopic (exact) mass is 132 g/mol. The van der Waals surface area contributed by atoms with E-state index in [1.54, 1.807) is 6.08 Å². The lowest BCUT2D eigenvalue weighted by Gasteiger charge is -1.96. The van der Waals surface area contributed by atoms with Gasteiger partial charge in [-0.05, 0) is 23.4 Å². The molecule has 0 bridgehead atoms. The van der Waals surface area contributed by atoms with Gasteiger partial charge in [-0.15, -0.1) is 0 Å². The van der Waals surface area contributed by atoms with E-state index in [1.165, 1.54) is 11.9 Å². The molecule has 0 saturated heterocycles. The van der Waals surface area contributed by atoms with Crippen LogP contribution in [0.4, 0.5) is 0 Å². The molecule has 3 heteroatoms. The minimum Gasteiger partial charge on any atom is -0.323 e. The van der Waals surface area contributed by atoms with Gasteiger partial charge in [0, 0.05) is 0 Å². The maximum absolute atomic E-state index is 5.46. The largest absolute Gasteiger partial charge is 0.323 e. The molecule has 37 valence electrons. The van der Waals surface area contributed by atoms with E-state index >= 15 is 0 Å². The van der Waals surface area contributed by atoms with Crippen LogP contribution in [0.5, 0.6) is 0 Å². The second-order valence-corrected chi connectivity index (χ2v) is 2.11. The fraction of sp³-hybridized carbons (Fsp3) is 0. The Labute approximate surface area is 51.6 Å². The summed E-state index contributed by atoms with van der Waals surface area (Å²) in [6, 6.07) is 0.